The fraction of sp³-hybridized carbons (Fsp3) is 0.562. The van der Waals surface area contributed by atoms with Crippen molar-refractivity contribution in [1.82, 2.24) is 15.1 Å². The van der Waals surface area contributed by atoms with Crippen molar-refractivity contribution in [2.75, 3.05) is 19.8 Å². The third kappa shape index (κ3) is 5.55. The van der Waals surface area contributed by atoms with E-state index in [9.17, 15) is 24.3 Å². The number of aliphatic hydroxyl groups excluding tert-OH is 1. The van der Waals surface area contributed by atoms with Crippen LogP contribution in [0.3, 0.4) is 0 Å². The van der Waals surface area contributed by atoms with Crippen molar-refractivity contribution in [3.63, 3.8) is 0 Å². The van der Waals surface area contributed by atoms with Crippen molar-refractivity contribution in [2.24, 2.45) is 11.8 Å². The highest BCUT2D eigenvalue weighted by Crippen LogP contribution is 2.59. The second-order valence-corrected chi connectivity index (χ2v) is 13.5. The Hall–Kier alpha value is -3.02. The van der Waals surface area contributed by atoms with Gasteiger partial charge in [0.2, 0.25) is 17.7 Å². The zero-order chi connectivity index (χ0) is 31.1. The fourth-order valence-electron chi connectivity index (χ4n) is 6.81. The first-order valence-corrected chi connectivity index (χ1v) is 15.7. The van der Waals surface area contributed by atoms with Gasteiger partial charge in [0, 0.05) is 23.0 Å². The molecule has 43 heavy (non-hydrogen) atoms. The van der Waals surface area contributed by atoms with Crippen molar-refractivity contribution in [2.45, 2.75) is 82.3 Å². The average molecular weight is 659 g/mol. The van der Waals surface area contributed by atoms with E-state index in [1.54, 1.807) is 11.0 Å². The lowest BCUT2D eigenvalue weighted by atomic mass is 9.73. The van der Waals surface area contributed by atoms with Crippen LogP contribution in [0.5, 0.6) is 0 Å². The summed E-state index contributed by atoms with van der Waals surface area (Å²) in [5.41, 5.74) is -1.29. The smallest absolute Gasteiger partial charge is 0.306 e. The second-order valence-electron chi connectivity index (χ2n) is 12.6. The summed E-state index contributed by atoms with van der Waals surface area (Å²) in [6.07, 6.45) is 5.66. The second kappa shape index (κ2) is 12.2. The molecule has 2 fully saturated rings. The zero-order valence-corrected chi connectivity index (χ0v) is 26.6. The molecule has 11 heteroatoms. The molecule has 232 valence electrons. The Morgan fingerprint density at radius 2 is 1.84 bits per heavy atom. The maximum Gasteiger partial charge on any atom is 0.306 e. The summed E-state index contributed by atoms with van der Waals surface area (Å²) in [6.45, 7) is 7.41. The highest BCUT2D eigenvalue weighted by atomic mass is 79.9. The van der Waals surface area contributed by atoms with E-state index in [0.717, 1.165) is 5.56 Å². The van der Waals surface area contributed by atoms with Gasteiger partial charge in [-0.3, -0.25) is 19.2 Å². The van der Waals surface area contributed by atoms with Gasteiger partial charge in [0.25, 0.3) is 0 Å². The van der Waals surface area contributed by atoms with Crippen molar-refractivity contribution in [1.29, 1.82) is 0 Å². The Morgan fingerprint density at radius 1 is 1.12 bits per heavy atom. The zero-order valence-electron chi connectivity index (χ0n) is 25.0. The van der Waals surface area contributed by atoms with Crippen molar-refractivity contribution in [3.8, 4) is 0 Å². The number of allylic oxidation sites excluding steroid dienone is 1. The standard InChI is InChI=1S/C32H40BrN3O7/c1-5-20(17-37)36-27-30(41)35(31(2,3)4)15-11-7-10-14-23(38)42-18-22(19-12-8-6-9-13-19)34-28(39)24-25(29(36)40)32(27)16-21(33)26(24)43-32/h6-9,11-13,16,20,22,24-27,37H,5,10,14-15,17-18H2,1-4H3,(H,34,39)/b11-7-/t20-,22-,24-,25+,26-,27-,32+/m0/s1. The van der Waals surface area contributed by atoms with Crippen LogP contribution >= 0.6 is 15.9 Å². The highest BCUT2D eigenvalue weighted by Gasteiger charge is 2.75. The number of hydrogen-bond donors (Lipinski definition) is 2. The summed E-state index contributed by atoms with van der Waals surface area (Å²) >= 11 is 3.58. The molecule has 2 N–H and O–H groups in total. The van der Waals surface area contributed by atoms with Gasteiger partial charge < -0.3 is 29.7 Å². The number of amides is 3. The van der Waals surface area contributed by atoms with E-state index in [4.69, 9.17) is 9.47 Å². The summed E-state index contributed by atoms with van der Waals surface area (Å²) < 4.78 is 12.8. The molecule has 10 nitrogen and oxygen atoms in total. The number of likely N-dealkylation sites (tertiary alicyclic amines) is 1. The first-order chi connectivity index (χ1) is 20.4. The van der Waals surface area contributed by atoms with Gasteiger partial charge in [0.05, 0.1) is 30.5 Å². The average Bonchev–Trinajstić information content (AvgIpc) is 3.56. The van der Waals surface area contributed by atoms with E-state index < -0.39 is 65.0 Å². The Labute approximate surface area is 260 Å². The topological polar surface area (TPSA) is 125 Å². The molecule has 1 spiro atoms. The summed E-state index contributed by atoms with van der Waals surface area (Å²) in [7, 11) is 0. The predicted octanol–water partition coefficient (Wildman–Crippen LogP) is 3.01. The number of hydrogen-bond acceptors (Lipinski definition) is 7. The molecule has 2 saturated heterocycles. The molecular formula is C32H40BrN3O7. The van der Waals surface area contributed by atoms with Gasteiger partial charge in [-0.2, -0.15) is 0 Å². The lowest BCUT2D eigenvalue weighted by molar-refractivity contribution is -0.153. The summed E-state index contributed by atoms with van der Waals surface area (Å²) in [5.74, 6) is -3.51. The van der Waals surface area contributed by atoms with Gasteiger partial charge in [0.15, 0.2) is 0 Å². The first-order valence-electron chi connectivity index (χ1n) is 14.9. The highest BCUT2D eigenvalue weighted by molar-refractivity contribution is 9.11. The van der Waals surface area contributed by atoms with Crippen LogP contribution in [0.25, 0.3) is 0 Å². The molecule has 0 aliphatic carbocycles. The normalized spacial score (nSPS) is 33.2. The Kier molecular flexibility index (Phi) is 8.89. The largest absolute Gasteiger partial charge is 0.463 e. The molecule has 3 amide bonds. The van der Waals surface area contributed by atoms with E-state index in [2.05, 4.69) is 21.2 Å². The lowest BCUT2D eigenvalue weighted by Gasteiger charge is -2.42. The van der Waals surface area contributed by atoms with Crippen LogP contribution in [0.4, 0.5) is 0 Å². The monoisotopic (exact) mass is 657 g/mol. The van der Waals surface area contributed by atoms with E-state index >= 15 is 0 Å². The number of cyclic esters (lactones) is 1. The summed E-state index contributed by atoms with van der Waals surface area (Å²) in [4.78, 5) is 59.0. The molecule has 4 aliphatic heterocycles. The number of rotatable bonds is 4. The molecule has 1 aromatic carbocycles. The maximum atomic E-state index is 14.7. The van der Waals surface area contributed by atoms with Crippen LogP contribution in [0, 0.1) is 11.8 Å². The van der Waals surface area contributed by atoms with Gasteiger partial charge in [-0.15, -0.1) is 0 Å². The van der Waals surface area contributed by atoms with Gasteiger partial charge in [0.1, 0.15) is 24.4 Å². The van der Waals surface area contributed by atoms with E-state index in [-0.39, 0.29) is 32.1 Å². The van der Waals surface area contributed by atoms with E-state index in [0.29, 0.717) is 17.3 Å². The molecule has 5 rings (SSSR count). The van der Waals surface area contributed by atoms with Crippen molar-refractivity contribution < 1.29 is 33.8 Å². The molecule has 0 radical (unpaired) electrons. The first kappa shape index (κ1) is 31.4. The van der Waals surface area contributed by atoms with Gasteiger partial charge >= 0.3 is 5.97 Å². The molecule has 0 aromatic heterocycles. The quantitative estimate of drug-likeness (QED) is 0.377. The molecule has 0 saturated carbocycles. The summed E-state index contributed by atoms with van der Waals surface area (Å²) in [6, 6.07) is 6.81. The van der Waals surface area contributed by atoms with Crippen LogP contribution in [0.2, 0.25) is 0 Å². The number of benzene rings is 1. The Bertz CT molecular complexity index is 1320. The number of nitrogens with zero attached hydrogens (tertiary/aromatic N) is 2. The van der Waals surface area contributed by atoms with Crippen LogP contribution in [-0.4, -0.2) is 87.7 Å². The van der Waals surface area contributed by atoms with Gasteiger partial charge in [-0.25, -0.2) is 0 Å². The minimum absolute atomic E-state index is 0.0786. The molecule has 0 unspecified atom stereocenters. The number of halogens is 1. The minimum Gasteiger partial charge on any atom is -0.463 e. The van der Waals surface area contributed by atoms with Crippen LogP contribution in [-0.2, 0) is 28.7 Å². The maximum absolute atomic E-state index is 14.7. The van der Waals surface area contributed by atoms with Crippen molar-refractivity contribution in [3.05, 3.63) is 58.6 Å². The Morgan fingerprint density at radius 3 is 2.49 bits per heavy atom. The van der Waals surface area contributed by atoms with E-state index in [1.807, 2.05) is 70.2 Å². The number of carbonyl (C=O) groups is 4. The van der Waals surface area contributed by atoms with Gasteiger partial charge in [-0.1, -0.05) is 65.3 Å². The number of esters is 1. The molecule has 4 aliphatic rings. The molecule has 7 atom stereocenters. The van der Waals surface area contributed by atoms with Crippen LogP contribution < -0.4 is 5.32 Å². The third-order valence-electron chi connectivity index (χ3n) is 8.95. The minimum atomic E-state index is -1.40. The third-order valence-corrected chi connectivity index (χ3v) is 9.63. The molecule has 1 aromatic rings. The molecule has 5 bridgehead atoms. The van der Waals surface area contributed by atoms with Gasteiger partial charge in [-0.05, 0) is 45.3 Å². The number of fused-ring (bicyclic) bond motifs is 2. The number of ether oxygens (including phenoxy) is 2. The number of carbonyl (C=O) groups excluding carboxylic acids is 4. The molecular weight excluding hydrogens is 618 g/mol. The fourth-order valence-corrected chi connectivity index (χ4v) is 7.54. The number of nitrogens with one attached hydrogen (secondary N) is 1. The Balaban J connectivity index is 1.63. The SMILES string of the molecule is CC[C@@H](CO)N1C(=O)[C@H]2[C@@H]3C(=O)N[C@H](c4ccccc4)COC(=O)CC/C=C\CN(C(C)(C)C)C(=O)[C@H]1[C@@]21C=C(Br)[C@@H]3O1. The predicted molar refractivity (Wildman–Crippen MR) is 162 cm³/mol. The summed E-state index contributed by atoms with van der Waals surface area (Å²) in [5, 5.41) is 13.4. The van der Waals surface area contributed by atoms with Crippen molar-refractivity contribution >= 4 is 39.6 Å². The van der Waals surface area contributed by atoms with E-state index in [1.165, 1.54) is 4.90 Å². The van der Waals surface area contributed by atoms with Crippen LogP contribution in [0.1, 0.15) is 58.6 Å². The number of aliphatic hydroxyl groups is 1. The van der Waals surface area contributed by atoms with Crippen LogP contribution in [0.15, 0.2) is 53.0 Å². The molecule has 4 heterocycles. The lowest BCUT2D eigenvalue weighted by Crippen LogP contribution is -2.61.